The molecule has 86 valence electrons. The van der Waals surface area contributed by atoms with Gasteiger partial charge in [0.25, 0.3) is 5.82 Å². The van der Waals surface area contributed by atoms with Crippen LogP contribution in [-0.2, 0) is 11.3 Å². The minimum atomic E-state index is -5.19. The van der Waals surface area contributed by atoms with Gasteiger partial charge in [-0.2, -0.15) is 13.2 Å². The topological polar surface area (TPSA) is 59.8 Å². The highest BCUT2D eigenvalue weighted by atomic mass is 19.4. The van der Waals surface area contributed by atoms with Crippen molar-refractivity contribution in [2.45, 2.75) is 26.6 Å². The molecule has 0 aromatic carbocycles. The van der Waals surface area contributed by atoms with Crippen LogP contribution in [-0.4, -0.2) is 17.1 Å². The molecular weight excluding hydrogens is 213 g/mol. The molecule has 1 N–H and O–H groups in total. The molecule has 0 saturated carbocycles. The summed E-state index contributed by atoms with van der Waals surface area (Å²) < 4.78 is 33.7. The molecule has 1 rings (SSSR count). The molecule has 0 spiro atoms. The number of imidazole rings is 1. The highest BCUT2D eigenvalue weighted by molar-refractivity contribution is 5.70. The molecule has 0 fully saturated rings. The number of aliphatic carboxylic acids is 1. The summed E-state index contributed by atoms with van der Waals surface area (Å²) in [5, 5.41) is 8.78. The Balaban J connectivity index is 0.000000265. The molecule has 0 aliphatic carbocycles. The average Bonchev–Trinajstić information content (AvgIpc) is 2.50. The quantitative estimate of drug-likeness (QED) is 0.679. The van der Waals surface area contributed by atoms with Crippen LogP contribution in [0.5, 0.6) is 0 Å². The van der Waals surface area contributed by atoms with Crippen LogP contribution in [0.3, 0.4) is 0 Å². The molecule has 0 aliphatic rings. The van der Waals surface area contributed by atoms with Crippen molar-refractivity contribution in [3.8, 4) is 0 Å². The van der Waals surface area contributed by atoms with Gasteiger partial charge in [0.2, 0.25) is 0 Å². The van der Waals surface area contributed by atoms with E-state index in [1.54, 1.807) is 0 Å². The summed E-state index contributed by atoms with van der Waals surface area (Å²) in [6, 6.07) is 0. The third-order valence-electron chi connectivity index (χ3n) is 1.55. The number of nitrogens with zero attached hydrogens (tertiary/aromatic N) is 1. The first kappa shape index (κ1) is 13.5. The summed E-state index contributed by atoms with van der Waals surface area (Å²) in [5.74, 6) is -1.79. The van der Waals surface area contributed by atoms with Crippen molar-refractivity contribution in [1.82, 2.24) is 4.98 Å². The smallest absolute Gasteiger partial charge is 0.430 e. The molecule has 0 radical (unpaired) electrons. The van der Waals surface area contributed by atoms with Gasteiger partial charge >= 0.3 is 6.18 Å². The lowest BCUT2D eigenvalue weighted by atomic mass is 10.6. The van der Waals surface area contributed by atoms with Gasteiger partial charge in [0, 0.05) is 6.92 Å². The third kappa shape index (κ3) is 5.04. The molecule has 0 saturated heterocycles. The first-order valence-electron chi connectivity index (χ1n) is 4.10. The van der Waals surface area contributed by atoms with E-state index in [0.717, 1.165) is 6.54 Å². The number of rotatable bonds is 1. The highest BCUT2D eigenvalue weighted by Gasteiger charge is 2.28. The van der Waals surface area contributed by atoms with Crippen LogP contribution in [0.2, 0.25) is 0 Å². The van der Waals surface area contributed by atoms with E-state index in [0.29, 0.717) is 0 Å². The fraction of sp³-hybridized carbons (Fsp3) is 0.500. The predicted octanol–water partition coefficient (Wildman–Crippen LogP) is -0.0709. The number of halogens is 3. The Hall–Kier alpha value is -1.53. The van der Waals surface area contributed by atoms with Crippen LogP contribution in [0.1, 0.15) is 12.7 Å². The number of hydrogen-bond donors (Lipinski definition) is 1. The monoisotopic (exact) mass is 224 g/mol. The van der Waals surface area contributed by atoms with E-state index in [9.17, 15) is 13.2 Å². The van der Waals surface area contributed by atoms with Gasteiger partial charge in [-0.3, -0.25) is 0 Å². The zero-order valence-electron chi connectivity index (χ0n) is 8.26. The van der Waals surface area contributed by atoms with Gasteiger partial charge in [-0.15, -0.1) is 0 Å². The number of carboxylic acids is 1. The van der Waals surface area contributed by atoms with Crippen LogP contribution in [0.15, 0.2) is 12.4 Å². The predicted molar refractivity (Wildman–Crippen MR) is 42.5 cm³/mol. The molecule has 0 bridgehead atoms. The standard InChI is InChI=1S/C6H10N2.C2HF3O2/c1-3-8-5-4-7-6(8)2;3-2(4,5)1(6)7/h4-5H,3H2,1-2H3;(H,6,7). The van der Waals surface area contributed by atoms with E-state index < -0.39 is 12.1 Å². The summed E-state index contributed by atoms with van der Waals surface area (Å²) in [6.45, 7) is 5.24. The fourth-order valence-electron chi connectivity index (χ4n) is 0.785. The summed E-state index contributed by atoms with van der Waals surface area (Å²) in [4.78, 5) is 11.9. The van der Waals surface area contributed by atoms with E-state index in [1.807, 2.05) is 12.4 Å². The molecule has 0 amide bonds. The fourth-order valence-corrected chi connectivity index (χ4v) is 0.785. The van der Waals surface area contributed by atoms with Crippen LogP contribution < -0.4 is 9.67 Å². The second-order valence-corrected chi connectivity index (χ2v) is 2.62. The molecule has 7 heteroatoms. The number of H-pyrrole nitrogens is 1. The lowest BCUT2D eigenvalue weighted by Crippen LogP contribution is -2.37. The Morgan fingerprint density at radius 1 is 1.60 bits per heavy atom. The van der Waals surface area contributed by atoms with E-state index >= 15 is 0 Å². The first-order valence-corrected chi connectivity index (χ1v) is 4.10. The number of aryl methyl sites for hydroxylation is 2. The van der Waals surface area contributed by atoms with Crippen molar-refractivity contribution >= 4 is 5.97 Å². The molecule has 1 aromatic heterocycles. The Labute approximate surface area is 84.4 Å². The molecule has 1 aromatic rings. The molecule has 15 heavy (non-hydrogen) atoms. The number of nitrogens with one attached hydrogen (secondary N) is 1. The summed E-state index contributed by atoms with van der Waals surface area (Å²) in [7, 11) is 0. The Morgan fingerprint density at radius 2 is 2.07 bits per heavy atom. The maximum atomic E-state index is 10.5. The van der Waals surface area contributed by atoms with Gasteiger partial charge in [-0.25, -0.2) is 9.55 Å². The Bertz CT molecular complexity index is 320. The molecule has 0 aliphatic heterocycles. The van der Waals surface area contributed by atoms with Crippen molar-refractivity contribution in [3.63, 3.8) is 0 Å². The summed E-state index contributed by atoms with van der Waals surface area (Å²) in [6.07, 6.45) is -1.21. The van der Waals surface area contributed by atoms with Crippen LogP contribution in [0, 0.1) is 6.92 Å². The van der Waals surface area contributed by atoms with E-state index in [2.05, 4.69) is 23.4 Å². The van der Waals surface area contributed by atoms with Crippen molar-refractivity contribution in [2.24, 2.45) is 0 Å². The zero-order valence-corrected chi connectivity index (χ0v) is 8.26. The molecule has 1 heterocycles. The number of carbonyl (C=O) groups excluding carboxylic acids is 1. The van der Waals surface area contributed by atoms with Crippen molar-refractivity contribution in [3.05, 3.63) is 18.2 Å². The van der Waals surface area contributed by atoms with E-state index in [1.165, 1.54) is 5.82 Å². The summed E-state index contributed by atoms with van der Waals surface area (Å²) in [5.41, 5.74) is 0. The lowest BCUT2D eigenvalue weighted by molar-refractivity contribution is -0.698. The highest BCUT2D eigenvalue weighted by Crippen LogP contribution is 2.11. The van der Waals surface area contributed by atoms with Gasteiger partial charge in [-0.1, -0.05) is 0 Å². The van der Waals surface area contributed by atoms with Crippen LogP contribution >= 0.6 is 0 Å². The third-order valence-corrected chi connectivity index (χ3v) is 1.55. The van der Waals surface area contributed by atoms with E-state index in [-0.39, 0.29) is 0 Å². The number of carbonyl (C=O) groups is 1. The first-order chi connectivity index (χ1) is 6.79. The largest absolute Gasteiger partial charge is 0.542 e. The minimum Gasteiger partial charge on any atom is -0.542 e. The Morgan fingerprint density at radius 3 is 2.20 bits per heavy atom. The van der Waals surface area contributed by atoms with Gasteiger partial charge < -0.3 is 9.90 Å². The van der Waals surface area contributed by atoms with Crippen LogP contribution in [0.25, 0.3) is 0 Å². The molecule has 0 atom stereocenters. The molecule has 4 nitrogen and oxygen atoms in total. The second-order valence-electron chi connectivity index (χ2n) is 2.62. The van der Waals surface area contributed by atoms with Crippen molar-refractivity contribution in [1.29, 1.82) is 0 Å². The number of carboxylic acid groups (broad SMARTS) is 1. The summed E-state index contributed by atoms with van der Waals surface area (Å²) >= 11 is 0. The second kappa shape index (κ2) is 5.38. The lowest BCUT2D eigenvalue weighted by Gasteiger charge is -2.03. The molecular formula is C8H11F3N2O2. The average molecular weight is 224 g/mol. The van der Waals surface area contributed by atoms with Gasteiger partial charge in [0.05, 0.1) is 6.54 Å². The maximum Gasteiger partial charge on any atom is 0.430 e. The van der Waals surface area contributed by atoms with Gasteiger partial charge in [-0.05, 0) is 6.92 Å². The van der Waals surface area contributed by atoms with Gasteiger partial charge in [0.1, 0.15) is 18.4 Å². The zero-order chi connectivity index (χ0) is 12.1. The number of hydrogen-bond acceptors (Lipinski definition) is 2. The van der Waals surface area contributed by atoms with Crippen molar-refractivity contribution in [2.75, 3.05) is 0 Å². The SMILES string of the molecule is CC[n+]1cc[nH]c1C.O=C([O-])C(F)(F)F. The van der Waals surface area contributed by atoms with Crippen molar-refractivity contribution < 1.29 is 27.6 Å². The maximum absolute atomic E-state index is 10.5. The number of aromatic nitrogens is 2. The van der Waals surface area contributed by atoms with Crippen LogP contribution in [0.4, 0.5) is 13.2 Å². The normalized spacial score (nSPS) is 10.5. The van der Waals surface area contributed by atoms with Gasteiger partial charge in [0.15, 0.2) is 0 Å². The Kier molecular flexibility index (Phi) is 4.83. The minimum absolute atomic E-state index is 1.05. The van der Waals surface area contributed by atoms with E-state index in [4.69, 9.17) is 9.90 Å². The number of alkyl halides is 3. The number of aromatic amines is 1. The molecule has 0 unspecified atom stereocenters.